The molecule has 3 unspecified atom stereocenters. The quantitative estimate of drug-likeness (QED) is 0.721. The molecule has 0 radical (unpaired) electrons. The summed E-state index contributed by atoms with van der Waals surface area (Å²) < 4.78 is 0. The maximum Gasteiger partial charge on any atom is 0.0222 e. The lowest BCUT2D eigenvalue weighted by molar-refractivity contribution is 0.100. The molecule has 2 rings (SSSR count). The maximum absolute atomic E-state index is 5.66. The van der Waals surface area contributed by atoms with Gasteiger partial charge in [-0.05, 0) is 50.6 Å². The molecule has 0 aliphatic carbocycles. The first-order valence-electron chi connectivity index (χ1n) is 5.31. The van der Waals surface area contributed by atoms with Gasteiger partial charge < -0.3 is 10.6 Å². The average molecular weight is 200 g/mol. The van der Waals surface area contributed by atoms with E-state index in [1.807, 2.05) is 0 Å². The Hall–Kier alpha value is 0.270. The van der Waals surface area contributed by atoms with E-state index in [4.69, 9.17) is 5.73 Å². The third-order valence-corrected chi connectivity index (χ3v) is 4.85. The van der Waals surface area contributed by atoms with Crippen molar-refractivity contribution in [2.45, 2.75) is 18.9 Å². The molecule has 0 saturated carbocycles. The number of nitrogens with zero attached hydrogens (tertiary/aromatic N) is 1. The summed E-state index contributed by atoms with van der Waals surface area (Å²) in [5.41, 5.74) is 5.66. The van der Waals surface area contributed by atoms with Crippen molar-refractivity contribution in [3.05, 3.63) is 0 Å². The van der Waals surface area contributed by atoms with Crippen LogP contribution in [0.1, 0.15) is 12.8 Å². The van der Waals surface area contributed by atoms with Crippen molar-refractivity contribution < 1.29 is 0 Å². The first kappa shape index (κ1) is 9.81. The van der Waals surface area contributed by atoms with Gasteiger partial charge in [0.1, 0.15) is 0 Å². The average Bonchev–Trinajstić information content (AvgIpc) is 2.59. The minimum atomic E-state index is 0.857. The Morgan fingerprint density at radius 3 is 3.08 bits per heavy atom. The van der Waals surface area contributed by atoms with Gasteiger partial charge in [-0.2, -0.15) is 11.8 Å². The third-order valence-electron chi connectivity index (χ3n) is 3.65. The van der Waals surface area contributed by atoms with E-state index in [9.17, 15) is 0 Å². The molecular weight excluding hydrogens is 180 g/mol. The number of nitrogens with two attached hydrogens (primary N) is 1. The summed E-state index contributed by atoms with van der Waals surface area (Å²) in [6.45, 7) is 2.16. The monoisotopic (exact) mass is 200 g/mol. The minimum Gasteiger partial charge on any atom is -0.330 e. The molecule has 3 atom stereocenters. The van der Waals surface area contributed by atoms with Crippen molar-refractivity contribution in [3.8, 4) is 0 Å². The molecule has 2 heterocycles. The number of piperidine rings is 1. The summed E-state index contributed by atoms with van der Waals surface area (Å²) in [6, 6.07) is 0.857. The van der Waals surface area contributed by atoms with Crippen LogP contribution in [0, 0.1) is 11.8 Å². The number of hydrogen-bond donors (Lipinski definition) is 1. The van der Waals surface area contributed by atoms with Crippen LogP contribution in [-0.2, 0) is 0 Å². The van der Waals surface area contributed by atoms with Gasteiger partial charge in [-0.1, -0.05) is 0 Å². The zero-order valence-corrected chi connectivity index (χ0v) is 9.22. The number of fused-ring (bicyclic) bond motifs is 1. The Kier molecular flexibility index (Phi) is 3.17. The number of rotatable bonds is 2. The lowest BCUT2D eigenvalue weighted by atomic mass is 9.80. The topological polar surface area (TPSA) is 29.3 Å². The molecule has 2 nitrogen and oxygen atoms in total. The Morgan fingerprint density at radius 2 is 2.31 bits per heavy atom. The van der Waals surface area contributed by atoms with Crippen molar-refractivity contribution in [3.63, 3.8) is 0 Å². The highest BCUT2D eigenvalue weighted by atomic mass is 32.2. The van der Waals surface area contributed by atoms with E-state index < -0.39 is 0 Å². The molecule has 2 saturated heterocycles. The van der Waals surface area contributed by atoms with Gasteiger partial charge in [0.05, 0.1) is 0 Å². The molecule has 3 heteroatoms. The highest BCUT2D eigenvalue weighted by molar-refractivity contribution is 7.99. The van der Waals surface area contributed by atoms with Gasteiger partial charge in [0.15, 0.2) is 0 Å². The van der Waals surface area contributed by atoms with Crippen molar-refractivity contribution in [2.75, 3.05) is 31.6 Å². The normalized spacial score (nSPS) is 40.6. The minimum absolute atomic E-state index is 0.857. The molecule has 0 aromatic carbocycles. The van der Waals surface area contributed by atoms with E-state index >= 15 is 0 Å². The zero-order chi connectivity index (χ0) is 9.26. The van der Waals surface area contributed by atoms with Crippen LogP contribution >= 0.6 is 11.8 Å². The molecule has 2 fully saturated rings. The summed E-state index contributed by atoms with van der Waals surface area (Å²) in [5, 5.41) is 0. The van der Waals surface area contributed by atoms with Gasteiger partial charge >= 0.3 is 0 Å². The maximum atomic E-state index is 5.66. The Labute approximate surface area is 85.2 Å². The van der Waals surface area contributed by atoms with Gasteiger partial charge in [0.2, 0.25) is 0 Å². The fourth-order valence-electron chi connectivity index (χ4n) is 2.79. The van der Waals surface area contributed by atoms with E-state index in [-0.39, 0.29) is 0 Å². The summed E-state index contributed by atoms with van der Waals surface area (Å²) in [7, 11) is 2.28. The second-order valence-corrected chi connectivity index (χ2v) is 5.45. The predicted molar refractivity (Wildman–Crippen MR) is 59.0 cm³/mol. The SMILES string of the molecule is CN1CCC(CCN)C2CSCC21. The van der Waals surface area contributed by atoms with Crippen LogP contribution in [0.25, 0.3) is 0 Å². The van der Waals surface area contributed by atoms with Crippen LogP contribution in [0.5, 0.6) is 0 Å². The zero-order valence-electron chi connectivity index (χ0n) is 8.41. The standard InChI is InChI=1S/C10H20N2S/c1-12-5-3-8(2-4-11)9-6-13-7-10(9)12/h8-10H,2-7,11H2,1H3. The second-order valence-electron chi connectivity index (χ2n) is 4.38. The highest BCUT2D eigenvalue weighted by Crippen LogP contribution is 2.39. The van der Waals surface area contributed by atoms with Gasteiger partial charge in [0, 0.05) is 11.8 Å². The van der Waals surface area contributed by atoms with Crippen molar-refractivity contribution in [2.24, 2.45) is 17.6 Å². The molecule has 0 spiro atoms. The molecule has 13 heavy (non-hydrogen) atoms. The molecular formula is C10H20N2S. The van der Waals surface area contributed by atoms with E-state index in [0.29, 0.717) is 0 Å². The Balaban J connectivity index is 1.99. The van der Waals surface area contributed by atoms with Crippen LogP contribution < -0.4 is 5.73 Å². The fraction of sp³-hybridized carbons (Fsp3) is 1.00. The van der Waals surface area contributed by atoms with Gasteiger partial charge in [-0.15, -0.1) is 0 Å². The molecule has 0 aromatic rings. The molecule has 0 amide bonds. The lowest BCUT2D eigenvalue weighted by Crippen LogP contribution is -2.46. The number of thioether (sulfide) groups is 1. The van der Waals surface area contributed by atoms with Crippen LogP contribution in [0.3, 0.4) is 0 Å². The molecule has 2 aliphatic heterocycles. The number of likely N-dealkylation sites (tertiary alicyclic amines) is 1. The van der Waals surface area contributed by atoms with Crippen LogP contribution in [0.4, 0.5) is 0 Å². The van der Waals surface area contributed by atoms with Crippen molar-refractivity contribution >= 4 is 11.8 Å². The predicted octanol–water partition coefficient (Wildman–Crippen LogP) is 1.02. The molecule has 2 aliphatic rings. The van der Waals surface area contributed by atoms with Crippen LogP contribution in [0.15, 0.2) is 0 Å². The Morgan fingerprint density at radius 1 is 1.46 bits per heavy atom. The number of hydrogen-bond acceptors (Lipinski definition) is 3. The fourth-order valence-corrected chi connectivity index (χ4v) is 4.43. The van der Waals surface area contributed by atoms with Crippen LogP contribution in [0.2, 0.25) is 0 Å². The Bertz CT molecular complexity index is 174. The first-order chi connectivity index (χ1) is 6.33. The molecule has 2 N–H and O–H groups in total. The highest BCUT2D eigenvalue weighted by Gasteiger charge is 2.39. The van der Waals surface area contributed by atoms with Gasteiger partial charge in [-0.25, -0.2) is 0 Å². The largest absolute Gasteiger partial charge is 0.330 e. The lowest BCUT2D eigenvalue weighted by Gasteiger charge is -2.39. The summed E-state index contributed by atoms with van der Waals surface area (Å²) in [4.78, 5) is 2.55. The van der Waals surface area contributed by atoms with Gasteiger partial charge in [-0.3, -0.25) is 0 Å². The molecule has 76 valence electrons. The second kappa shape index (κ2) is 4.20. The van der Waals surface area contributed by atoms with Crippen molar-refractivity contribution in [1.29, 1.82) is 0 Å². The van der Waals surface area contributed by atoms with Gasteiger partial charge in [0.25, 0.3) is 0 Å². The summed E-state index contributed by atoms with van der Waals surface area (Å²) in [6.07, 6.45) is 2.62. The molecule has 0 bridgehead atoms. The van der Waals surface area contributed by atoms with E-state index in [1.165, 1.54) is 30.9 Å². The summed E-state index contributed by atoms with van der Waals surface area (Å²) in [5.74, 6) is 4.58. The first-order valence-corrected chi connectivity index (χ1v) is 6.46. The smallest absolute Gasteiger partial charge is 0.0222 e. The van der Waals surface area contributed by atoms with E-state index in [0.717, 1.165) is 24.4 Å². The van der Waals surface area contributed by atoms with Crippen molar-refractivity contribution in [1.82, 2.24) is 4.90 Å². The molecule has 0 aromatic heterocycles. The summed E-state index contributed by atoms with van der Waals surface area (Å²) >= 11 is 2.13. The third kappa shape index (κ3) is 1.88. The van der Waals surface area contributed by atoms with E-state index in [1.54, 1.807) is 0 Å². The van der Waals surface area contributed by atoms with Crippen LogP contribution in [-0.4, -0.2) is 42.6 Å². The van der Waals surface area contributed by atoms with E-state index in [2.05, 4.69) is 23.7 Å².